The highest BCUT2D eigenvalue weighted by Crippen LogP contribution is 2.22. The summed E-state index contributed by atoms with van der Waals surface area (Å²) in [6.45, 7) is 5.93. The molecule has 0 aliphatic heterocycles. The zero-order chi connectivity index (χ0) is 14.4. The summed E-state index contributed by atoms with van der Waals surface area (Å²) in [7, 11) is 1.64. The molecule has 0 aliphatic carbocycles. The molecule has 4 heteroatoms. The lowest BCUT2D eigenvalue weighted by atomic mass is 10.0. The first-order valence-corrected chi connectivity index (χ1v) is 6.34. The van der Waals surface area contributed by atoms with Gasteiger partial charge in [0.2, 0.25) is 5.91 Å². The molecule has 0 unspecified atom stereocenters. The van der Waals surface area contributed by atoms with E-state index in [0.717, 1.165) is 22.4 Å². The van der Waals surface area contributed by atoms with Crippen LogP contribution in [-0.4, -0.2) is 18.8 Å². The Morgan fingerprint density at radius 1 is 1.16 bits per heavy atom. The van der Waals surface area contributed by atoms with Gasteiger partial charge >= 0.3 is 0 Å². The molecule has 0 atom stereocenters. The van der Waals surface area contributed by atoms with Gasteiger partial charge in [-0.2, -0.15) is 0 Å². The number of ether oxygens (including phenoxy) is 1. The van der Waals surface area contributed by atoms with E-state index in [1.165, 1.54) is 6.92 Å². The first-order valence-electron chi connectivity index (χ1n) is 6.34. The Morgan fingerprint density at radius 3 is 2.42 bits per heavy atom. The van der Waals surface area contributed by atoms with Crippen molar-refractivity contribution in [2.24, 2.45) is 0 Å². The molecule has 19 heavy (non-hydrogen) atoms. The Kier molecular flexibility index (Phi) is 5.55. The monoisotopic (exact) mass is 263 g/mol. The maximum Gasteiger partial charge on any atom is 0.220 e. The number of hydrogen-bond donors (Lipinski definition) is 1. The summed E-state index contributed by atoms with van der Waals surface area (Å²) in [4.78, 5) is 22.3. The van der Waals surface area contributed by atoms with E-state index in [2.05, 4.69) is 5.32 Å². The number of nitrogens with one attached hydrogen (secondary N) is 1. The summed E-state index contributed by atoms with van der Waals surface area (Å²) in [6, 6.07) is 3.98. The molecule has 1 aromatic carbocycles. The number of carbonyl (C=O) groups excluding carboxylic acids is 2. The number of Topliss-reactive ketones (excluding diaryl/α,β-unsaturated/α-hetero) is 1. The van der Waals surface area contributed by atoms with Crippen molar-refractivity contribution in [3.05, 3.63) is 28.8 Å². The number of methoxy groups -OCH3 is 1. The molecule has 1 aromatic rings. The Morgan fingerprint density at radius 2 is 1.84 bits per heavy atom. The van der Waals surface area contributed by atoms with Crippen LogP contribution in [-0.2, 0) is 16.1 Å². The minimum atomic E-state index is -0.0944. The number of benzene rings is 1. The fourth-order valence-electron chi connectivity index (χ4n) is 1.83. The zero-order valence-corrected chi connectivity index (χ0v) is 12.0. The van der Waals surface area contributed by atoms with Crippen LogP contribution in [0, 0.1) is 13.8 Å². The van der Waals surface area contributed by atoms with Crippen molar-refractivity contribution in [2.75, 3.05) is 7.11 Å². The first kappa shape index (κ1) is 15.2. The van der Waals surface area contributed by atoms with E-state index in [4.69, 9.17) is 4.74 Å². The highest BCUT2D eigenvalue weighted by atomic mass is 16.5. The first-order chi connectivity index (χ1) is 8.93. The van der Waals surface area contributed by atoms with E-state index in [1.54, 1.807) is 7.11 Å². The van der Waals surface area contributed by atoms with Crippen LogP contribution in [0.4, 0.5) is 0 Å². The molecule has 0 aliphatic rings. The summed E-state index contributed by atoms with van der Waals surface area (Å²) in [5.41, 5.74) is 3.19. The topological polar surface area (TPSA) is 55.4 Å². The van der Waals surface area contributed by atoms with Crippen LogP contribution in [0.2, 0.25) is 0 Å². The second-order valence-electron chi connectivity index (χ2n) is 4.73. The van der Waals surface area contributed by atoms with Crippen LogP contribution in [0.15, 0.2) is 12.1 Å². The molecule has 4 nitrogen and oxygen atoms in total. The third-order valence-corrected chi connectivity index (χ3v) is 3.03. The lowest BCUT2D eigenvalue weighted by Gasteiger charge is -2.12. The molecule has 0 saturated carbocycles. The van der Waals surface area contributed by atoms with Gasteiger partial charge in [0.05, 0.1) is 7.11 Å². The summed E-state index contributed by atoms with van der Waals surface area (Å²) < 4.78 is 5.25. The summed E-state index contributed by atoms with van der Waals surface area (Å²) >= 11 is 0. The summed E-state index contributed by atoms with van der Waals surface area (Å²) in [5, 5.41) is 2.83. The molecule has 0 spiro atoms. The second kappa shape index (κ2) is 6.92. The molecule has 0 bridgehead atoms. The largest absolute Gasteiger partial charge is 0.496 e. The predicted octanol–water partition coefficient (Wildman–Crippen LogP) is 2.30. The van der Waals surface area contributed by atoms with Crippen LogP contribution >= 0.6 is 0 Å². The Hall–Kier alpha value is -1.84. The maximum atomic E-state index is 11.6. The van der Waals surface area contributed by atoms with E-state index in [-0.39, 0.29) is 18.1 Å². The van der Waals surface area contributed by atoms with E-state index >= 15 is 0 Å². The Bertz CT molecular complexity index is 481. The van der Waals surface area contributed by atoms with Gasteiger partial charge in [0.1, 0.15) is 11.5 Å². The normalized spacial score (nSPS) is 10.1. The summed E-state index contributed by atoms with van der Waals surface area (Å²) in [5.74, 6) is 0.791. The molecule has 0 radical (unpaired) electrons. The van der Waals surface area contributed by atoms with Gasteiger partial charge in [0.15, 0.2) is 0 Å². The minimum Gasteiger partial charge on any atom is -0.496 e. The third kappa shape index (κ3) is 4.73. The lowest BCUT2D eigenvalue weighted by molar-refractivity contribution is -0.124. The van der Waals surface area contributed by atoms with Crippen LogP contribution in [0.1, 0.15) is 36.5 Å². The SMILES string of the molecule is COc1cc(C)c(CNC(=O)CCC(C)=O)cc1C. The molecular weight excluding hydrogens is 242 g/mol. The second-order valence-corrected chi connectivity index (χ2v) is 4.73. The lowest BCUT2D eigenvalue weighted by Crippen LogP contribution is -2.23. The predicted molar refractivity (Wildman–Crippen MR) is 74.2 cm³/mol. The van der Waals surface area contributed by atoms with Crippen molar-refractivity contribution in [1.82, 2.24) is 5.32 Å². The smallest absolute Gasteiger partial charge is 0.220 e. The van der Waals surface area contributed by atoms with Crippen LogP contribution in [0.25, 0.3) is 0 Å². The number of aryl methyl sites for hydroxylation is 2. The van der Waals surface area contributed by atoms with Gasteiger partial charge in [-0.25, -0.2) is 0 Å². The molecule has 1 N–H and O–H groups in total. The number of rotatable bonds is 6. The fraction of sp³-hybridized carbons (Fsp3) is 0.467. The van der Waals surface area contributed by atoms with Gasteiger partial charge in [0, 0.05) is 19.4 Å². The van der Waals surface area contributed by atoms with Gasteiger partial charge in [-0.15, -0.1) is 0 Å². The van der Waals surface area contributed by atoms with Crippen molar-refractivity contribution < 1.29 is 14.3 Å². The average molecular weight is 263 g/mol. The summed E-state index contributed by atoms with van der Waals surface area (Å²) in [6.07, 6.45) is 0.552. The average Bonchev–Trinajstić information content (AvgIpc) is 2.36. The van der Waals surface area contributed by atoms with Crippen molar-refractivity contribution in [2.45, 2.75) is 40.2 Å². The van der Waals surface area contributed by atoms with E-state index < -0.39 is 0 Å². The van der Waals surface area contributed by atoms with Gasteiger partial charge in [-0.05, 0) is 43.5 Å². The minimum absolute atomic E-state index is 0.0339. The maximum absolute atomic E-state index is 11.6. The van der Waals surface area contributed by atoms with Crippen LogP contribution < -0.4 is 10.1 Å². The molecule has 0 fully saturated rings. The highest BCUT2D eigenvalue weighted by molar-refractivity contribution is 5.83. The quantitative estimate of drug-likeness (QED) is 0.856. The highest BCUT2D eigenvalue weighted by Gasteiger charge is 2.07. The molecule has 1 rings (SSSR count). The van der Waals surface area contributed by atoms with Crippen molar-refractivity contribution in [3.8, 4) is 5.75 Å². The number of amides is 1. The number of hydrogen-bond acceptors (Lipinski definition) is 3. The molecule has 104 valence electrons. The van der Waals surface area contributed by atoms with Gasteiger partial charge < -0.3 is 14.8 Å². The Balaban J connectivity index is 2.60. The van der Waals surface area contributed by atoms with E-state index in [0.29, 0.717) is 13.0 Å². The third-order valence-electron chi connectivity index (χ3n) is 3.03. The molecule has 1 amide bonds. The number of ketones is 1. The van der Waals surface area contributed by atoms with Crippen LogP contribution in [0.5, 0.6) is 5.75 Å². The number of carbonyl (C=O) groups is 2. The van der Waals surface area contributed by atoms with E-state index in [9.17, 15) is 9.59 Å². The Labute approximate surface area is 114 Å². The zero-order valence-electron chi connectivity index (χ0n) is 12.0. The molecule has 0 aromatic heterocycles. The molecule has 0 heterocycles. The van der Waals surface area contributed by atoms with Crippen molar-refractivity contribution in [3.63, 3.8) is 0 Å². The van der Waals surface area contributed by atoms with Gasteiger partial charge in [0.25, 0.3) is 0 Å². The van der Waals surface area contributed by atoms with Crippen molar-refractivity contribution in [1.29, 1.82) is 0 Å². The molecule has 0 saturated heterocycles. The van der Waals surface area contributed by atoms with Crippen molar-refractivity contribution >= 4 is 11.7 Å². The molecular formula is C15H21NO3. The van der Waals surface area contributed by atoms with Gasteiger partial charge in [-0.1, -0.05) is 6.07 Å². The fourth-order valence-corrected chi connectivity index (χ4v) is 1.83. The van der Waals surface area contributed by atoms with Crippen LogP contribution in [0.3, 0.4) is 0 Å². The standard InChI is InChI=1S/C15H21NO3/c1-10-8-14(19-4)11(2)7-13(10)9-16-15(18)6-5-12(3)17/h7-8H,5-6,9H2,1-4H3,(H,16,18). The van der Waals surface area contributed by atoms with E-state index in [1.807, 2.05) is 26.0 Å². The van der Waals surface area contributed by atoms with Gasteiger partial charge in [-0.3, -0.25) is 4.79 Å².